The Hall–Kier alpha value is -2.94. The van der Waals surface area contributed by atoms with Gasteiger partial charge in [0.25, 0.3) is 5.91 Å². The Labute approximate surface area is 159 Å². The highest BCUT2D eigenvalue weighted by atomic mass is 19.4. The highest BCUT2D eigenvalue weighted by Gasteiger charge is 2.30. The number of halogens is 3. The molecular weight excluding hydrogens is 373 g/mol. The summed E-state index contributed by atoms with van der Waals surface area (Å²) in [5.74, 6) is -0.870. The summed E-state index contributed by atoms with van der Waals surface area (Å²) < 4.78 is 37.8. The van der Waals surface area contributed by atoms with Gasteiger partial charge < -0.3 is 15.5 Å². The first-order valence-corrected chi connectivity index (χ1v) is 8.72. The van der Waals surface area contributed by atoms with Gasteiger partial charge in [-0.3, -0.25) is 14.6 Å². The summed E-state index contributed by atoms with van der Waals surface area (Å²) in [5, 5.41) is 5.70. The molecule has 148 valence electrons. The van der Waals surface area contributed by atoms with Crippen LogP contribution in [0, 0.1) is 0 Å². The fraction of sp³-hybridized carbons (Fsp3) is 0.316. The molecule has 9 heteroatoms. The van der Waals surface area contributed by atoms with E-state index >= 15 is 0 Å². The molecule has 1 saturated heterocycles. The summed E-state index contributed by atoms with van der Waals surface area (Å²) in [5.41, 5.74) is 0.113. The Morgan fingerprint density at radius 3 is 2.61 bits per heavy atom. The largest absolute Gasteiger partial charge is 0.416 e. The molecule has 1 aliphatic heterocycles. The molecule has 1 aromatic carbocycles. The molecule has 1 unspecified atom stereocenters. The van der Waals surface area contributed by atoms with Crippen molar-refractivity contribution in [2.75, 3.05) is 26.2 Å². The maximum Gasteiger partial charge on any atom is 0.416 e. The Balaban J connectivity index is 1.61. The SMILES string of the molecule is O=C(NCC(=O)N1CCNCC1c1cccnc1)c1ccc(C(F)(F)F)cc1. The van der Waals surface area contributed by atoms with E-state index < -0.39 is 17.6 Å². The summed E-state index contributed by atoms with van der Waals surface area (Å²) in [6.45, 7) is 1.45. The second kappa shape index (κ2) is 8.39. The van der Waals surface area contributed by atoms with Crippen LogP contribution in [0.25, 0.3) is 0 Å². The normalized spacial score (nSPS) is 17.2. The summed E-state index contributed by atoms with van der Waals surface area (Å²) in [6.07, 6.45) is -1.12. The van der Waals surface area contributed by atoms with Gasteiger partial charge in [0.2, 0.25) is 5.91 Å². The van der Waals surface area contributed by atoms with Crippen molar-refractivity contribution in [3.05, 3.63) is 65.5 Å². The molecule has 2 amide bonds. The Morgan fingerprint density at radius 1 is 1.21 bits per heavy atom. The molecule has 1 atom stereocenters. The van der Waals surface area contributed by atoms with Crippen molar-refractivity contribution in [2.45, 2.75) is 12.2 Å². The Morgan fingerprint density at radius 2 is 1.96 bits per heavy atom. The minimum Gasteiger partial charge on any atom is -0.343 e. The van der Waals surface area contributed by atoms with Crippen LogP contribution in [0.1, 0.15) is 27.5 Å². The summed E-state index contributed by atoms with van der Waals surface area (Å²) in [7, 11) is 0. The molecule has 3 rings (SSSR count). The lowest BCUT2D eigenvalue weighted by molar-refractivity contribution is -0.137. The van der Waals surface area contributed by atoms with Crippen molar-refractivity contribution in [3.8, 4) is 0 Å². The van der Waals surface area contributed by atoms with Gasteiger partial charge in [0.1, 0.15) is 0 Å². The number of nitrogens with zero attached hydrogens (tertiary/aromatic N) is 2. The zero-order chi connectivity index (χ0) is 20.1. The molecule has 2 heterocycles. The van der Waals surface area contributed by atoms with Crippen LogP contribution in [0.5, 0.6) is 0 Å². The predicted octanol–water partition coefficient (Wildman–Crippen LogP) is 2.00. The van der Waals surface area contributed by atoms with Crippen molar-refractivity contribution in [1.82, 2.24) is 20.5 Å². The molecule has 1 aliphatic rings. The van der Waals surface area contributed by atoms with E-state index in [2.05, 4.69) is 15.6 Å². The van der Waals surface area contributed by atoms with Crippen LogP contribution in [0.4, 0.5) is 13.2 Å². The van der Waals surface area contributed by atoms with Gasteiger partial charge in [0.05, 0.1) is 18.2 Å². The monoisotopic (exact) mass is 392 g/mol. The summed E-state index contributed by atoms with van der Waals surface area (Å²) in [4.78, 5) is 30.5. The van der Waals surface area contributed by atoms with E-state index in [1.807, 2.05) is 6.07 Å². The average molecular weight is 392 g/mol. The van der Waals surface area contributed by atoms with Gasteiger partial charge in [-0.2, -0.15) is 13.2 Å². The number of nitrogens with one attached hydrogen (secondary N) is 2. The molecule has 0 radical (unpaired) electrons. The minimum absolute atomic E-state index is 0.0601. The third-order valence-electron chi connectivity index (χ3n) is 4.51. The number of amides is 2. The van der Waals surface area contributed by atoms with Gasteiger partial charge in [0.15, 0.2) is 0 Å². The predicted molar refractivity (Wildman–Crippen MR) is 95.3 cm³/mol. The van der Waals surface area contributed by atoms with Crippen LogP contribution in [0.3, 0.4) is 0 Å². The average Bonchev–Trinajstić information content (AvgIpc) is 2.72. The molecule has 2 N–H and O–H groups in total. The molecule has 0 saturated carbocycles. The molecule has 0 aliphatic carbocycles. The maximum absolute atomic E-state index is 12.6. The first-order chi connectivity index (χ1) is 13.4. The van der Waals surface area contributed by atoms with E-state index in [1.165, 1.54) is 0 Å². The van der Waals surface area contributed by atoms with E-state index in [4.69, 9.17) is 0 Å². The third kappa shape index (κ3) is 4.66. The lowest BCUT2D eigenvalue weighted by Crippen LogP contribution is -2.51. The lowest BCUT2D eigenvalue weighted by atomic mass is 10.1. The summed E-state index contributed by atoms with van der Waals surface area (Å²) >= 11 is 0. The van der Waals surface area contributed by atoms with E-state index in [1.54, 1.807) is 23.4 Å². The van der Waals surface area contributed by atoms with Gasteiger partial charge >= 0.3 is 6.18 Å². The first-order valence-electron chi connectivity index (χ1n) is 8.72. The van der Waals surface area contributed by atoms with Gasteiger partial charge in [0, 0.05) is 37.6 Å². The molecule has 6 nitrogen and oxygen atoms in total. The van der Waals surface area contributed by atoms with E-state index in [0.29, 0.717) is 19.6 Å². The molecule has 28 heavy (non-hydrogen) atoms. The van der Waals surface area contributed by atoms with Crippen LogP contribution in [-0.4, -0.2) is 47.9 Å². The number of carbonyl (C=O) groups excluding carboxylic acids is 2. The highest BCUT2D eigenvalue weighted by molar-refractivity contribution is 5.96. The fourth-order valence-corrected chi connectivity index (χ4v) is 3.04. The second-order valence-electron chi connectivity index (χ2n) is 6.35. The quantitative estimate of drug-likeness (QED) is 0.835. The van der Waals surface area contributed by atoms with Crippen molar-refractivity contribution in [1.29, 1.82) is 0 Å². The first kappa shape index (κ1) is 19.8. The Kier molecular flexibility index (Phi) is 5.93. The standard InChI is InChI=1S/C19H19F3N4O2/c20-19(21,22)15-5-3-13(4-6-15)18(28)25-12-17(27)26-9-8-24-11-16(26)14-2-1-7-23-10-14/h1-7,10,16,24H,8-9,11-12H2,(H,25,28). The van der Waals surface area contributed by atoms with Gasteiger partial charge in [-0.05, 0) is 35.9 Å². The number of piperazine rings is 1. The van der Waals surface area contributed by atoms with Crippen molar-refractivity contribution in [3.63, 3.8) is 0 Å². The number of hydrogen-bond acceptors (Lipinski definition) is 4. The summed E-state index contributed by atoms with van der Waals surface area (Å²) in [6, 6.07) is 7.33. The van der Waals surface area contributed by atoms with Gasteiger partial charge in [-0.1, -0.05) is 6.07 Å². The molecular formula is C19H19F3N4O2. The Bertz CT molecular complexity index is 825. The van der Waals surface area contributed by atoms with Crippen LogP contribution >= 0.6 is 0 Å². The number of carbonyl (C=O) groups is 2. The number of hydrogen-bond donors (Lipinski definition) is 2. The zero-order valence-electron chi connectivity index (χ0n) is 14.9. The number of pyridine rings is 1. The van der Waals surface area contributed by atoms with E-state index in [9.17, 15) is 22.8 Å². The molecule has 1 aromatic heterocycles. The number of alkyl halides is 3. The second-order valence-corrected chi connectivity index (χ2v) is 6.35. The highest BCUT2D eigenvalue weighted by Crippen LogP contribution is 2.29. The number of rotatable bonds is 4. The lowest BCUT2D eigenvalue weighted by Gasteiger charge is -2.36. The van der Waals surface area contributed by atoms with Gasteiger partial charge in [-0.15, -0.1) is 0 Å². The van der Waals surface area contributed by atoms with E-state index in [-0.39, 0.29) is 24.1 Å². The molecule has 0 bridgehead atoms. The van der Waals surface area contributed by atoms with Crippen molar-refractivity contribution < 1.29 is 22.8 Å². The van der Waals surface area contributed by atoms with Crippen molar-refractivity contribution in [2.24, 2.45) is 0 Å². The number of aromatic nitrogens is 1. The van der Waals surface area contributed by atoms with Crippen LogP contribution in [-0.2, 0) is 11.0 Å². The van der Waals surface area contributed by atoms with Crippen LogP contribution in [0.15, 0.2) is 48.8 Å². The third-order valence-corrected chi connectivity index (χ3v) is 4.51. The van der Waals surface area contributed by atoms with E-state index in [0.717, 1.165) is 29.8 Å². The number of benzene rings is 1. The van der Waals surface area contributed by atoms with Gasteiger partial charge in [-0.25, -0.2) is 0 Å². The van der Waals surface area contributed by atoms with Crippen LogP contribution in [0.2, 0.25) is 0 Å². The van der Waals surface area contributed by atoms with Crippen LogP contribution < -0.4 is 10.6 Å². The zero-order valence-corrected chi connectivity index (χ0v) is 14.9. The molecule has 2 aromatic rings. The topological polar surface area (TPSA) is 74.3 Å². The fourth-order valence-electron chi connectivity index (χ4n) is 3.04. The minimum atomic E-state index is -4.46. The smallest absolute Gasteiger partial charge is 0.343 e. The van der Waals surface area contributed by atoms with Crippen molar-refractivity contribution >= 4 is 11.8 Å². The molecule has 0 spiro atoms. The molecule has 1 fully saturated rings. The maximum atomic E-state index is 12.6.